The van der Waals surface area contributed by atoms with Crippen LogP contribution in [0.4, 0.5) is 13.2 Å². The van der Waals surface area contributed by atoms with Gasteiger partial charge in [-0.3, -0.25) is 4.79 Å². The number of Topliss-reactive ketones (excluding diaryl/α,β-unsaturated/α-hetero) is 1. The minimum absolute atomic E-state index is 0. The van der Waals surface area contributed by atoms with Crippen molar-refractivity contribution in [2.75, 3.05) is 0 Å². The first-order valence-electron chi connectivity index (χ1n) is 14.2. The van der Waals surface area contributed by atoms with E-state index in [0.717, 1.165) is 58.8 Å². The van der Waals surface area contributed by atoms with Crippen LogP contribution in [0.15, 0.2) is 53.9 Å². The molecule has 0 unspecified atom stereocenters. The second-order valence-corrected chi connectivity index (χ2v) is 10.5. The van der Waals surface area contributed by atoms with Crippen molar-refractivity contribution in [1.29, 1.82) is 0 Å². The normalized spacial score (nSPS) is 12.1. The van der Waals surface area contributed by atoms with E-state index in [4.69, 9.17) is 0 Å². The van der Waals surface area contributed by atoms with Gasteiger partial charge in [-0.15, -0.1) is 34.9 Å². The van der Waals surface area contributed by atoms with Crippen LogP contribution in [0, 0.1) is 31.7 Å². The Hall–Kier alpha value is -2.50. The van der Waals surface area contributed by atoms with E-state index >= 15 is 0 Å². The molecule has 7 heteroatoms. The maximum atomic E-state index is 12.4. The van der Waals surface area contributed by atoms with E-state index in [1.807, 2.05) is 71.9 Å². The molecular weight excluding hydrogens is 704 g/mol. The topological polar surface area (TPSA) is 50.2 Å². The molecule has 1 N–H and O–H groups in total. The summed E-state index contributed by atoms with van der Waals surface area (Å²) in [5, 5.41) is 11.9. The quantitative estimate of drug-likeness (QED) is 0.128. The first kappa shape index (κ1) is 36.5. The number of hydrogen-bond donors (Lipinski definition) is 1. The van der Waals surface area contributed by atoms with Crippen molar-refractivity contribution in [3.05, 3.63) is 76.7 Å². The van der Waals surface area contributed by atoms with Crippen molar-refractivity contribution in [3.63, 3.8) is 0 Å². The van der Waals surface area contributed by atoms with E-state index < -0.39 is 12.6 Å². The molecule has 3 rings (SSSR count). The molecule has 0 spiro atoms. The van der Waals surface area contributed by atoms with Crippen molar-refractivity contribution >= 4 is 16.6 Å². The van der Waals surface area contributed by atoms with Gasteiger partial charge >= 0.3 is 6.18 Å². The van der Waals surface area contributed by atoms with Crippen LogP contribution in [-0.4, -0.2) is 22.1 Å². The Morgan fingerprint density at radius 1 is 0.951 bits per heavy atom. The summed E-state index contributed by atoms with van der Waals surface area (Å²) in [6.07, 6.45) is 0.217. The number of aryl methyl sites for hydroxylation is 3. The molecule has 2 aromatic carbocycles. The van der Waals surface area contributed by atoms with Crippen molar-refractivity contribution in [3.8, 4) is 11.3 Å². The van der Waals surface area contributed by atoms with Crippen LogP contribution in [-0.2, 0) is 31.3 Å². The minimum Gasteiger partial charge on any atom is -0.512 e. The summed E-state index contributed by atoms with van der Waals surface area (Å²) in [5.41, 5.74) is 5.12. The number of aliphatic hydroxyl groups excluding tert-OH is 1. The first-order chi connectivity index (χ1) is 18.8. The van der Waals surface area contributed by atoms with Gasteiger partial charge < -0.3 is 10.1 Å². The minimum atomic E-state index is -4.13. The molecule has 227 valence electrons. The summed E-state index contributed by atoms with van der Waals surface area (Å²) in [6.45, 7) is 13.9. The van der Waals surface area contributed by atoms with E-state index in [1.165, 1.54) is 0 Å². The van der Waals surface area contributed by atoms with Crippen LogP contribution < -0.4 is 0 Å². The van der Waals surface area contributed by atoms with E-state index in [1.54, 1.807) is 19.2 Å². The van der Waals surface area contributed by atoms with Crippen molar-refractivity contribution in [2.24, 2.45) is 11.8 Å². The predicted molar refractivity (Wildman–Crippen MR) is 158 cm³/mol. The Kier molecular flexibility index (Phi) is 15.0. The number of aromatic nitrogens is 1. The number of hydrogen-bond acceptors (Lipinski definition) is 3. The van der Waals surface area contributed by atoms with Crippen molar-refractivity contribution in [2.45, 2.75) is 93.2 Å². The van der Waals surface area contributed by atoms with E-state index in [2.05, 4.69) is 11.1 Å². The average molecular weight is 747 g/mol. The van der Waals surface area contributed by atoms with Gasteiger partial charge in [-0.05, 0) is 67.1 Å². The van der Waals surface area contributed by atoms with Crippen LogP contribution in [0.1, 0.15) is 83.4 Å². The molecule has 0 amide bonds. The maximum absolute atomic E-state index is 12.4. The molecule has 0 bridgehead atoms. The third kappa shape index (κ3) is 10.7. The SMILES string of the molecule is CCC(CC)C(=O)/C(C)=C(\O)C(CC)CC.Cc1[c-]c(-c2nccc3cc(CCC(F)(F)F)ccc23)cc(C)c1.[Ir]. The van der Waals surface area contributed by atoms with Crippen molar-refractivity contribution < 1.29 is 43.2 Å². The zero-order chi connectivity index (χ0) is 30.0. The molecule has 41 heavy (non-hydrogen) atoms. The number of nitrogens with zero attached hydrogens (tertiary/aromatic N) is 1. The molecule has 1 aromatic heterocycles. The Morgan fingerprint density at radius 3 is 2.10 bits per heavy atom. The molecule has 0 aliphatic carbocycles. The maximum Gasteiger partial charge on any atom is 0.389 e. The summed E-state index contributed by atoms with van der Waals surface area (Å²) in [7, 11) is 0. The van der Waals surface area contributed by atoms with Crippen LogP contribution in [0.3, 0.4) is 0 Å². The van der Waals surface area contributed by atoms with Crippen LogP contribution in [0.5, 0.6) is 0 Å². The molecule has 1 heterocycles. The van der Waals surface area contributed by atoms with Gasteiger partial charge in [0, 0.05) is 50.1 Å². The fourth-order valence-electron chi connectivity index (χ4n) is 4.98. The van der Waals surface area contributed by atoms with E-state index in [9.17, 15) is 23.1 Å². The van der Waals surface area contributed by atoms with Crippen LogP contribution in [0.2, 0.25) is 0 Å². The number of allylic oxidation sites excluding steroid dienone is 2. The second-order valence-electron chi connectivity index (χ2n) is 10.5. The second kappa shape index (κ2) is 16.8. The zero-order valence-electron chi connectivity index (χ0n) is 25.2. The number of carbonyl (C=O) groups is 1. The van der Waals surface area contributed by atoms with Crippen LogP contribution >= 0.6 is 0 Å². The summed E-state index contributed by atoms with van der Waals surface area (Å²) in [5.74, 6) is 0.631. The predicted octanol–water partition coefficient (Wildman–Crippen LogP) is 10.1. The van der Waals surface area contributed by atoms with Gasteiger partial charge in [0.25, 0.3) is 0 Å². The molecule has 0 fully saturated rings. The number of aliphatic hydroxyl groups is 1. The zero-order valence-corrected chi connectivity index (χ0v) is 27.6. The number of ketones is 1. The van der Waals surface area contributed by atoms with Gasteiger partial charge in [-0.1, -0.05) is 59.7 Å². The smallest absolute Gasteiger partial charge is 0.389 e. The fourth-order valence-corrected chi connectivity index (χ4v) is 4.98. The van der Waals surface area contributed by atoms with E-state index in [-0.39, 0.29) is 44.1 Å². The Labute approximate surface area is 257 Å². The molecule has 0 aliphatic heterocycles. The van der Waals surface area contributed by atoms with Gasteiger partial charge in [0.15, 0.2) is 5.78 Å². The molecule has 3 aromatic rings. The fraction of sp³-hybridized carbons (Fsp3) is 0.471. The number of carbonyl (C=O) groups excluding carboxylic acids is 1. The molecule has 0 atom stereocenters. The average Bonchev–Trinajstić information content (AvgIpc) is 2.91. The molecule has 0 saturated carbocycles. The van der Waals surface area contributed by atoms with Crippen molar-refractivity contribution in [1.82, 2.24) is 4.98 Å². The molecule has 0 aliphatic rings. The van der Waals surface area contributed by atoms with Gasteiger partial charge in [0.1, 0.15) is 5.76 Å². The number of halogens is 3. The standard InChI is InChI=1S/C20H17F3N.C14H26O2.Ir/c1-13-9-14(2)11-17(10-13)19-18-4-3-15(5-7-20(21,22)23)12-16(18)6-8-24-19;1-6-11(7-2)13(15)10(5)14(16)12(8-3)9-4;/h3-4,6,8-10,12H,5,7H2,1-2H3;11-12,15H,6-9H2,1-5H3;/q-1;;/b;13-10-;. The third-order valence-corrected chi connectivity index (χ3v) is 7.41. The number of rotatable bonds is 10. The van der Waals surface area contributed by atoms with Gasteiger partial charge in [0.2, 0.25) is 0 Å². The molecule has 3 nitrogen and oxygen atoms in total. The third-order valence-electron chi connectivity index (χ3n) is 7.41. The first-order valence-corrected chi connectivity index (χ1v) is 14.2. The van der Waals surface area contributed by atoms with Gasteiger partial charge in [-0.2, -0.15) is 13.2 Å². The molecule has 0 saturated heterocycles. The summed E-state index contributed by atoms with van der Waals surface area (Å²) in [4.78, 5) is 16.5. The van der Waals surface area contributed by atoms with Crippen LogP contribution in [0.25, 0.3) is 22.0 Å². The van der Waals surface area contributed by atoms with Gasteiger partial charge in [-0.25, -0.2) is 0 Å². The van der Waals surface area contributed by atoms with Gasteiger partial charge in [0.05, 0.1) is 0 Å². The Morgan fingerprint density at radius 2 is 1.56 bits per heavy atom. The van der Waals surface area contributed by atoms with E-state index in [0.29, 0.717) is 16.9 Å². The number of fused-ring (bicyclic) bond motifs is 1. The number of alkyl halides is 3. The molecule has 1 radical (unpaired) electrons. The monoisotopic (exact) mass is 747 g/mol. The molecular formula is C34H43F3IrNO2-. The summed E-state index contributed by atoms with van der Waals surface area (Å²) < 4.78 is 37.2. The number of pyridine rings is 1. The largest absolute Gasteiger partial charge is 0.512 e. The Balaban J connectivity index is 0.000000437. The summed E-state index contributed by atoms with van der Waals surface area (Å²) >= 11 is 0. The summed E-state index contributed by atoms with van der Waals surface area (Å²) in [6, 6.07) is 14.6. The number of benzene rings is 2. The Bertz CT molecular complexity index is 1290.